The van der Waals surface area contributed by atoms with E-state index in [4.69, 9.17) is 5.84 Å². The van der Waals surface area contributed by atoms with Crippen molar-refractivity contribution in [3.8, 4) is 0 Å². The number of aromatic nitrogens is 1. The van der Waals surface area contributed by atoms with Crippen LogP contribution >= 0.6 is 15.9 Å². The first-order valence-electron chi connectivity index (χ1n) is 6.14. The van der Waals surface area contributed by atoms with E-state index in [1.807, 2.05) is 17.6 Å². The van der Waals surface area contributed by atoms with E-state index in [1.165, 1.54) is 0 Å². The quantitative estimate of drug-likeness (QED) is 0.246. The van der Waals surface area contributed by atoms with Crippen molar-refractivity contribution in [3.63, 3.8) is 0 Å². The number of halogens is 2. The molecule has 0 unspecified atom stereocenters. The lowest BCUT2D eigenvalue weighted by atomic mass is 10.2. The molecule has 0 bridgehead atoms. The van der Waals surface area contributed by atoms with Gasteiger partial charge in [0.25, 0.3) is 11.8 Å². The van der Waals surface area contributed by atoms with E-state index < -0.39 is 0 Å². The Balaban J connectivity index is 0.00000242. The molecule has 0 radical (unpaired) electrons. The molecule has 0 aliphatic carbocycles. The van der Waals surface area contributed by atoms with Gasteiger partial charge in [-0.2, -0.15) is 4.57 Å². The van der Waals surface area contributed by atoms with Crippen LogP contribution in [0.5, 0.6) is 0 Å². The number of anilines is 1. The lowest BCUT2D eigenvalue weighted by Crippen LogP contribution is -3.00. The molecule has 2 aromatic rings. The zero-order chi connectivity index (χ0) is 15.2. The molecule has 0 aliphatic rings. The molecule has 6 nitrogen and oxygen atoms in total. The molecule has 0 saturated heterocycles. The fourth-order valence-corrected chi connectivity index (χ4v) is 1.96. The maximum absolute atomic E-state index is 11.9. The van der Waals surface area contributed by atoms with E-state index in [9.17, 15) is 9.59 Å². The van der Waals surface area contributed by atoms with Crippen LogP contribution in [0.4, 0.5) is 5.69 Å². The topological polar surface area (TPSA) is 88.1 Å². The molecule has 1 aromatic heterocycles. The largest absolute Gasteiger partial charge is 1.00 e. The van der Waals surface area contributed by atoms with Crippen molar-refractivity contribution in [3.05, 3.63) is 58.8 Å². The zero-order valence-electron chi connectivity index (χ0n) is 11.4. The second kappa shape index (κ2) is 8.47. The van der Waals surface area contributed by atoms with Gasteiger partial charge in [-0.3, -0.25) is 15.0 Å². The highest BCUT2D eigenvalue weighted by Gasteiger charge is 2.11. The molecular formula is C14H14BrClN4O2. The number of carbonyl (C=O) groups is 2. The molecule has 0 spiro atoms. The molecule has 1 heterocycles. The average Bonchev–Trinajstić information content (AvgIpc) is 2.49. The van der Waals surface area contributed by atoms with E-state index in [0.29, 0.717) is 5.56 Å². The molecule has 0 fully saturated rings. The maximum atomic E-state index is 11.9. The zero-order valence-corrected chi connectivity index (χ0v) is 13.8. The highest BCUT2D eigenvalue weighted by atomic mass is 79.9. The third-order valence-corrected chi connectivity index (χ3v) is 3.27. The van der Waals surface area contributed by atoms with Gasteiger partial charge < -0.3 is 17.7 Å². The summed E-state index contributed by atoms with van der Waals surface area (Å²) in [7, 11) is 0. The second-order valence-corrected chi connectivity index (χ2v) is 5.20. The minimum Gasteiger partial charge on any atom is -1.00 e. The van der Waals surface area contributed by atoms with Crippen LogP contribution in [0.3, 0.4) is 0 Å². The van der Waals surface area contributed by atoms with Crippen molar-refractivity contribution in [1.29, 1.82) is 0 Å². The Morgan fingerprint density at radius 1 is 1.09 bits per heavy atom. The Bertz CT molecular complexity index is 647. The summed E-state index contributed by atoms with van der Waals surface area (Å²) < 4.78 is 2.62. The summed E-state index contributed by atoms with van der Waals surface area (Å²) in [6.07, 6.45) is 3.29. The molecular weight excluding hydrogens is 372 g/mol. The Hall–Kier alpha value is -1.96. The van der Waals surface area contributed by atoms with Gasteiger partial charge in [0.2, 0.25) is 6.54 Å². The third-order valence-electron chi connectivity index (χ3n) is 2.74. The van der Waals surface area contributed by atoms with Gasteiger partial charge in [0, 0.05) is 22.3 Å². The Morgan fingerprint density at radius 3 is 2.23 bits per heavy atom. The van der Waals surface area contributed by atoms with Gasteiger partial charge in [-0.05, 0) is 24.3 Å². The summed E-state index contributed by atoms with van der Waals surface area (Å²) >= 11 is 3.33. The lowest BCUT2D eigenvalue weighted by molar-refractivity contribution is -0.684. The number of rotatable bonds is 4. The summed E-state index contributed by atoms with van der Waals surface area (Å²) in [5, 5.41) is 2.79. The van der Waals surface area contributed by atoms with Crippen LogP contribution in [-0.4, -0.2) is 11.8 Å². The minimum absolute atomic E-state index is 0. The van der Waals surface area contributed by atoms with Gasteiger partial charge in [0.15, 0.2) is 12.4 Å². The molecule has 22 heavy (non-hydrogen) atoms. The van der Waals surface area contributed by atoms with E-state index in [0.717, 1.165) is 10.2 Å². The Kier molecular flexibility index (Phi) is 6.97. The van der Waals surface area contributed by atoms with Crippen molar-refractivity contribution >= 4 is 33.4 Å². The number of hydrogen-bond acceptors (Lipinski definition) is 3. The van der Waals surface area contributed by atoms with Crippen LogP contribution in [0.15, 0.2) is 53.3 Å². The first-order chi connectivity index (χ1) is 10.1. The van der Waals surface area contributed by atoms with Gasteiger partial charge >= 0.3 is 0 Å². The molecule has 0 saturated carbocycles. The van der Waals surface area contributed by atoms with Crippen molar-refractivity contribution < 1.29 is 26.6 Å². The molecule has 2 amide bonds. The van der Waals surface area contributed by atoms with E-state index in [1.54, 1.807) is 41.2 Å². The number of amides is 2. The SMILES string of the molecule is NNC(=O)c1cc[n+](CC(=O)Nc2ccc(Br)cc2)cc1.[Cl-]. The third kappa shape index (κ3) is 5.10. The predicted octanol–water partition coefficient (Wildman–Crippen LogP) is -2.02. The van der Waals surface area contributed by atoms with Gasteiger partial charge in [-0.1, -0.05) is 15.9 Å². The van der Waals surface area contributed by atoms with Crippen LogP contribution in [0.2, 0.25) is 0 Å². The number of hydrogen-bond donors (Lipinski definition) is 3. The summed E-state index contributed by atoms with van der Waals surface area (Å²) in [5.41, 5.74) is 3.20. The van der Waals surface area contributed by atoms with E-state index in [2.05, 4.69) is 21.2 Å². The average molecular weight is 386 g/mol. The predicted molar refractivity (Wildman–Crippen MR) is 81.1 cm³/mol. The molecule has 8 heteroatoms. The summed E-state index contributed by atoms with van der Waals surface area (Å²) in [6, 6.07) is 10.5. The highest BCUT2D eigenvalue weighted by molar-refractivity contribution is 9.10. The number of benzene rings is 1. The maximum Gasteiger partial charge on any atom is 0.290 e. The summed E-state index contributed by atoms with van der Waals surface area (Å²) in [6.45, 7) is 0.153. The fraction of sp³-hybridized carbons (Fsp3) is 0.0714. The van der Waals surface area contributed by atoms with Crippen LogP contribution < -0.4 is 33.6 Å². The van der Waals surface area contributed by atoms with E-state index in [-0.39, 0.29) is 30.8 Å². The van der Waals surface area contributed by atoms with Crippen molar-refractivity contribution in [2.24, 2.45) is 5.84 Å². The lowest BCUT2D eigenvalue weighted by Gasteiger charge is -2.03. The molecule has 116 valence electrons. The number of pyridine rings is 1. The monoisotopic (exact) mass is 384 g/mol. The number of nitrogen functional groups attached to an aromatic ring is 1. The normalized spacial score (nSPS) is 9.55. The highest BCUT2D eigenvalue weighted by Crippen LogP contribution is 2.13. The summed E-state index contributed by atoms with van der Waals surface area (Å²) in [4.78, 5) is 23.2. The standard InChI is InChI=1S/C14H13BrN4O2.ClH/c15-11-1-3-12(4-2-11)17-13(20)9-19-7-5-10(6-8-19)14(21)18-16;/h1-8,16H,9H2,(H2,17,20,21);1H. The molecule has 0 atom stereocenters. The Labute approximate surface area is 142 Å². The van der Waals surface area contributed by atoms with E-state index >= 15 is 0 Å². The Morgan fingerprint density at radius 2 is 1.68 bits per heavy atom. The fourth-order valence-electron chi connectivity index (χ4n) is 1.70. The molecule has 0 aliphatic heterocycles. The molecule has 1 aromatic carbocycles. The number of nitrogens with zero attached hydrogens (tertiary/aromatic N) is 1. The van der Waals surface area contributed by atoms with Crippen molar-refractivity contribution in [2.45, 2.75) is 6.54 Å². The smallest absolute Gasteiger partial charge is 0.290 e. The van der Waals surface area contributed by atoms with Crippen molar-refractivity contribution in [1.82, 2.24) is 5.43 Å². The van der Waals surface area contributed by atoms with Crippen LogP contribution in [-0.2, 0) is 11.3 Å². The van der Waals surface area contributed by atoms with Gasteiger partial charge in [0.05, 0.1) is 5.56 Å². The van der Waals surface area contributed by atoms with Crippen molar-refractivity contribution in [2.75, 3.05) is 5.32 Å². The minimum atomic E-state index is -0.374. The first kappa shape index (κ1) is 18.1. The van der Waals surface area contributed by atoms with Crippen LogP contribution in [0, 0.1) is 0 Å². The molecule has 2 rings (SSSR count). The number of nitrogens with one attached hydrogen (secondary N) is 2. The number of carbonyl (C=O) groups excluding carboxylic acids is 2. The van der Waals surface area contributed by atoms with Gasteiger partial charge in [0.1, 0.15) is 0 Å². The van der Waals surface area contributed by atoms with Gasteiger partial charge in [-0.15, -0.1) is 0 Å². The number of nitrogens with two attached hydrogens (primary N) is 1. The van der Waals surface area contributed by atoms with Crippen LogP contribution in [0.25, 0.3) is 0 Å². The molecule has 4 N–H and O–H groups in total. The van der Waals surface area contributed by atoms with Gasteiger partial charge in [-0.25, -0.2) is 5.84 Å². The first-order valence-corrected chi connectivity index (χ1v) is 6.93. The summed E-state index contributed by atoms with van der Waals surface area (Å²) in [5.74, 6) is 4.52. The second-order valence-electron chi connectivity index (χ2n) is 4.29. The van der Waals surface area contributed by atoms with Crippen LogP contribution in [0.1, 0.15) is 10.4 Å². The number of hydrazine groups is 1.